The van der Waals surface area contributed by atoms with Crippen molar-refractivity contribution in [1.82, 2.24) is 0 Å². The van der Waals surface area contributed by atoms with Crippen LogP contribution in [0.25, 0.3) is 0 Å². The molecular weight excluding hydrogens is 430 g/mol. The highest BCUT2D eigenvalue weighted by atomic mass is 31.2. The van der Waals surface area contributed by atoms with Crippen LogP contribution in [0.4, 0.5) is 0 Å². The number of ether oxygens (including phenoxy) is 1. The van der Waals surface area contributed by atoms with E-state index in [1.807, 2.05) is 0 Å². The van der Waals surface area contributed by atoms with Crippen molar-refractivity contribution in [3.8, 4) is 0 Å². The molecule has 0 aromatic heterocycles. The number of carboxylic acids is 2. The maximum atomic E-state index is 11.7. The van der Waals surface area contributed by atoms with Gasteiger partial charge in [0.25, 0.3) is 0 Å². The second kappa shape index (κ2) is 12.6. The summed E-state index contributed by atoms with van der Waals surface area (Å²) in [5.41, 5.74) is 10.2. The number of carboxylic acid groups (broad SMARTS) is 2. The Labute approximate surface area is 159 Å². The average molecular weight is 454 g/mol. The molecule has 0 aliphatic rings. The van der Waals surface area contributed by atoms with Crippen LogP contribution >= 0.6 is 15.6 Å². The van der Waals surface area contributed by atoms with Gasteiger partial charge in [0.15, 0.2) is 0 Å². The highest BCUT2D eigenvalue weighted by molar-refractivity contribution is 7.47. The Kier molecular flexibility index (Phi) is 12.1. The zero-order valence-electron chi connectivity index (χ0n) is 14.8. The van der Waals surface area contributed by atoms with Crippen LogP contribution < -0.4 is 11.5 Å². The molecule has 0 amide bonds. The standard InChI is InChI=1S/C11H24N2O13P2/c1-2-22-7(3-23-27(18,19)25-5-8(12)10(14)15)4-24-28(20,21)26-6-9(13)11(16)17/h7-9H,2-6,12-13H2,1H3,(H,14,15)(H,16,17)(H,18,19)(H,20,21). The van der Waals surface area contributed by atoms with E-state index in [9.17, 15) is 28.5 Å². The van der Waals surface area contributed by atoms with Crippen LogP contribution in [0.1, 0.15) is 6.92 Å². The molecule has 0 fully saturated rings. The Morgan fingerprint density at radius 1 is 0.821 bits per heavy atom. The van der Waals surface area contributed by atoms with E-state index in [0.29, 0.717) is 0 Å². The third-order valence-corrected chi connectivity index (χ3v) is 4.62. The quantitative estimate of drug-likeness (QED) is 0.145. The second-order valence-corrected chi connectivity index (χ2v) is 7.99. The van der Waals surface area contributed by atoms with Crippen molar-refractivity contribution >= 4 is 27.6 Å². The fourth-order valence-corrected chi connectivity index (χ4v) is 2.86. The summed E-state index contributed by atoms with van der Waals surface area (Å²) >= 11 is 0. The van der Waals surface area contributed by atoms with Crippen molar-refractivity contribution in [2.45, 2.75) is 25.1 Å². The monoisotopic (exact) mass is 454 g/mol. The van der Waals surface area contributed by atoms with E-state index in [4.69, 9.17) is 26.4 Å². The van der Waals surface area contributed by atoms with Crippen molar-refractivity contribution in [3.05, 3.63) is 0 Å². The molecule has 4 atom stereocenters. The van der Waals surface area contributed by atoms with E-state index in [1.54, 1.807) is 6.92 Å². The first kappa shape index (κ1) is 27.0. The maximum Gasteiger partial charge on any atom is 0.472 e. The lowest BCUT2D eigenvalue weighted by Crippen LogP contribution is -2.35. The molecule has 0 radical (unpaired) electrons. The Morgan fingerprint density at radius 2 is 1.14 bits per heavy atom. The molecule has 15 nitrogen and oxygen atoms in total. The SMILES string of the molecule is CCOC(COP(=O)(O)OCC(N)C(=O)O)COP(=O)(O)OCC(N)C(=O)O. The molecule has 28 heavy (non-hydrogen) atoms. The van der Waals surface area contributed by atoms with Crippen LogP contribution in [0.15, 0.2) is 0 Å². The van der Waals surface area contributed by atoms with Gasteiger partial charge in [0.2, 0.25) is 0 Å². The molecule has 0 aromatic carbocycles. The summed E-state index contributed by atoms with van der Waals surface area (Å²) in [7, 11) is -9.38. The second-order valence-electron chi connectivity index (χ2n) is 5.09. The zero-order chi connectivity index (χ0) is 22.0. The van der Waals surface area contributed by atoms with Gasteiger partial charge in [0.1, 0.15) is 18.2 Å². The van der Waals surface area contributed by atoms with Crippen molar-refractivity contribution in [1.29, 1.82) is 0 Å². The predicted molar refractivity (Wildman–Crippen MR) is 90.1 cm³/mol. The Hall–Kier alpha value is -0.960. The van der Waals surface area contributed by atoms with Gasteiger partial charge in [-0.1, -0.05) is 0 Å². The first-order valence-corrected chi connectivity index (χ1v) is 10.6. The molecule has 0 aliphatic carbocycles. The minimum atomic E-state index is -4.69. The molecule has 0 rings (SSSR count). The highest BCUT2D eigenvalue weighted by Crippen LogP contribution is 2.45. The summed E-state index contributed by atoms with van der Waals surface area (Å²) in [6.45, 7) is -1.27. The largest absolute Gasteiger partial charge is 0.480 e. The lowest BCUT2D eigenvalue weighted by atomic mass is 10.3. The van der Waals surface area contributed by atoms with Crippen LogP contribution in [-0.4, -0.2) is 83.2 Å². The molecule has 0 spiro atoms. The molecule has 0 bridgehead atoms. The van der Waals surface area contributed by atoms with Gasteiger partial charge in [-0.05, 0) is 6.92 Å². The van der Waals surface area contributed by atoms with Crippen LogP contribution in [0.2, 0.25) is 0 Å². The van der Waals surface area contributed by atoms with E-state index < -0.39 is 72.2 Å². The van der Waals surface area contributed by atoms with Gasteiger partial charge in [0, 0.05) is 6.61 Å². The van der Waals surface area contributed by atoms with Crippen molar-refractivity contribution < 1.29 is 61.6 Å². The van der Waals surface area contributed by atoms with Crippen LogP contribution in [0, 0.1) is 0 Å². The van der Waals surface area contributed by atoms with Crippen LogP contribution in [-0.2, 0) is 41.6 Å². The minimum absolute atomic E-state index is 0.0678. The first-order chi connectivity index (χ1) is 12.8. The molecule has 8 N–H and O–H groups in total. The van der Waals surface area contributed by atoms with Gasteiger partial charge in [0.05, 0.1) is 26.4 Å². The lowest BCUT2D eigenvalue weighted by Gasteiger charge is -2.21. The number of phosphoric acid groups is 2. The van der Waals surface area contributed by atoms with E-state index in [2.05, 4.69) is 18.1 Å². The summed E-state index contributed by atoms with van der Waals surface area (Å²) in [6, 6.07) is -3.10. The summed E-state index contributed by atoms with van der Waals surface area (Å²) < 4.78 is 46.4. The van der Waals surface area contributed by atoms with Gasteiger partial charge in [-0.25, -0.2) is 9.13 Å². The molecule has 0 saturated carbocycles. The van der Waals surface area contributed by atoms with E-state index >= 15 is 0 Å². The molecule has 0 saturated heterocycles. The fourth-order valence-electron chi connectivity index (χ4n) is 1.30. The van der Waals surface area contributed by atoms with Crippen LogP contribution in [0.5, 0.6) is 0 Å². The number of carbonyl (C=O) groups is 2. The summed E-state index contributed by atoms with van der Waals surface area (Å²) in [4.78, 5) is 40.0. The van der Waals surface area contributed by atoms with Crippen LogP contribution in [0.3, 0.4) is 0 Å². The normalized spacial score (nSPS) is 19.2. The number of nitrogens with two attached hydrogens (primary N) is 2. The Bertz CT molecular complexity index is 555. The van der Waals surface area contributed by atoms with Crippen molar-refractivity contribution in [2.24, 2.45) is 11.5 Å². The Balaban J connectivity index is 4.54. The van der Waals surface area contributed by atoms with Gasteiger partial charge < -0.3 is 36.2 Å². The average Bonchev–Trinajstić information content (AvgIpc) is 2.59. The smallest absolute Gasteiger partial charge is 0.472 e. The topological polar surface area (TPSA) is 247 Å². The molecule has 4 unspecified atom stereocenters. The fraction of sp³-hybridized carbons (Fsp3) is 0.818. The third kappa shape index (κ3) is 12.5. The molecule has 17 heteroatoms. The number of hydrogen-bond acceptors (Lipinski definition) is 11. The van der Waals surface area contributed by atoms with E-state index in [0.717, 1.165) is 0 Å². The minimum Gasteiger partial charge on any atom is -0.480 e. The highest BCUT2D eigenvalue weighted by Gasteiger charge is 2.29. The Morgan fingerprint density at radius 3 is 1.43 bits per heavy atom. The van der Waals surface area contributed by atoms with Gasteiger partial charge in [-0.2, -0.15) is 0 Å². The molecular formula is C11H24N2O13P2. The summed E-state index contributed by atoms with van der Waals surface area (Å²) in [5.74, 6) is -2.91. The number of hydrogen-bond donors (Lipinski definition) is 6. The van der Waals surface area contributed by atoms with E-state index in [-0.39, 0.29) is 6.61 Å². The zero-order valence-corrected chi connectivity index (χ0v) is 16.6. The van der Waals surface area contributed by atoms with Crippen molar-refractivity contribution in [2.75, 3.05) is 33.0 Å². The number of rotatable bonds is 16. The number of aliphatic carboxylic acids is 2. The van der Waals surface area contributed by atoms with Gasteiger partial charge >= 0.3 is 27.6 Å². The summed E-state index contributed by atoms with van der Waals surface area (Å²) in [5, 5.41) is 17.1. The first-order valence-electron chi connectivity index (χ1n) is 7.61. The third-order valence-electron chi connectivity index (χ3n) is 2.72. The number of phosphoric ester groups is 2. The lowest BCUT2D eigenvalue weighted by molar-refractivity contribution is -0.140. The molecule has 0 aliphatic heterocycles. The van der Waals surface area contributed by atoms with E-state index in [1.165, 1.54) is 0 Å². The van der Waals surface area contributed by atoms with Gasteiger partial charge in [-0.15, -0.1) is 0 Å². The van der Waals surface area contributed by atoms with Crippen molar-refractivity contribution in [3.63, 3.8) is 0 Å². The molecule has 0 heterocycles. The summed E-state index contributed by atoms with van der Waals surface area (Å²) in [6.07, 6.45) is -1.13. The molecule has 166 valence electrons. The van der Waals surface area contributed by atoms with Gasteiger partial charge in [-0.3, -0.25) is 27.7 Å². The predicted octanol–water partition coefficient (Wildman–Crippen LogP) is -1.52. The maximum absolute atomic E-state index is 11.7. The molecule has 0 aromatic rings.